The van der Waals surface area contributed by atoms with Crippen LogP contribution in [-0.4, -0.2) is 119 Å². The van der Waals surface area contributed by atoms with Crippen molar-refractivity contribution < 1.29 is 54.2 Å². The van der Waals surface area contributed by atoms with Gasteiger partial charge in [-0.05, 0) is 114 Å². The van der Waals surface area contributed by atoms with E-state index in [0.29, 0.717) is 37.1 Å². The van der Waals surface area contributed by atoms with Crippen LogP contribution < -0.4 is 26.6 Å². The van der Waals surface area contributed by atoms with E-state index >= 15 is 0 Å². The average molecular weight is 1170 g/mol. The average Bonchev–Trinajstić information content (AvgIpc) is 3.30. The molecule has 6 unspecified atom stereocenters. The van der Waals surface area contributed by atoms with Gasteiger partial charge in [0.25, 0.3) is 0 Å². The predicted octanol–water partition coefficient (Wildman–Crippen LogP) is 8.21. The van der Waals surface area contributed by atoms with Gasteiger partial charge < -0.3 is 36.8 Å². The van der Waals surface area contributed by atoms with Crippen molar-refractivity contribution in [2.45, 2.75) is 155 Å². The molecule has 2 fully saturated rings. The fourth-order valence-electron chi connectivity index (χ4n) is 9.69. The Hall–Kier alpha value is -4.51. The summed E-state index contributed by atoms with van der Waals surface area (Å²) in [5.74, 6) is -3.55. The summed E-state index contributed by atoms with van der Waals surface area (Å²) in [5.41, 5.74) is 3.81. The van der Waals surface area contributed by atoms with Crippen LogP contribution in [0.1, 0.15) is 129 Å². The molecule has 2 aliphatic heterocycles. The molecule has 0 radical (unpaired) electrons. The monoisotopic (exact) mass is 1170 g/mol. The van der Waals surface area contributed by atoms with Crippen molar-refractivity contribution in [3.05, 3.63) is 142 Å². The van der Waals surface area contributed by atoms with Crippen LogP contribution in [0.2, 0.25) is 0 Å². The molecule has 6 rings (SSSR count). The molecule has 0 saturated carbocycles. The molecule has 7 N–H and O–H groups in total. The van der Waals surface area contributed by atoms with Crippen LogP contribution in [0.15, 0.2) is 84.9 Å². The molecule has 4 aromatic carbocycles. The van der Waals surface area contributed by atoms with Crippen molar-refractivity contribution in [1.82, 2.24) is 30.9 Å². The van der Waals surface area contributed by atoms with Gasteiger partial charge in [0, 0.05) is 69.4 Å². The van der Waals surface area contributed by atoms with E-state index in [4.69, 9.17) is 0 Å². The summed E-state index contributed by atoms with van der Waals surface area (Å²) in [4.78, 5) is 23.7. The van der Waals surface area contributed by atoms with E-state index in [0.717, 1.165) is 54.5 Å². The maximum Gasteiger partial charge on any atom is 0.229 e. The first-order chi connectivity index (χ1) is 35.6. The molecule has 0 aromatic heterocycles. The van der Waals surface area contributed by atoms with Crippen LogP contribution in [0, 0.1) is 23.3 Å². The molecule has 21 heteroatoms. The lowest BCUT2D eigenvalue weighted by Crippen LogP contribution is -2.59. The number of benzene rings is 4. The standard InChI is InChI=1S/C28H39F2N3O4S.C27H37F2N3O2.CH3ClO2S.2CH4/c1-19(34)32-25(14-20-12-23(29)16-24(30)13-20)26(35)17-31-28(10-7-11-33(18-28)38(5,36)37)22-9-6-8-21(15-22)27(2,3)4;1-18(33)32-24(13-19-11-22(28)15-23(29)12-19)25(34)16-31-27(9-6-10-30-17-27)21-8-5-7-20(14-21)26(2,3)4;1-5(2,3)4;;/h6,8-9,12-13,15-16,25-26,31,35H,7,10-11,14,17-18H2,1-5H3,(H,32,34);5,7-8,11-12,14-15,24-25,30-31,34H,6,9-10,13,16-17H2,1-4H3,(H,32,33);1H3;2*1H4. The zero-order valence-corrected chi connectivity index (χ0v) is 48.3. The van der Waals surface area contributed by atoms with Crippen molar-refractivity contribution in [2.75, 3.05) is 51.8 Å². The SMILES string of the molecule is C.C.CC(=O)NC(Cc1cc(F)cc(F)c1)C(O)CNC1(c2cccc(C(C)(C)C)c2)CCCN(S(C)(=O)=O)C1.CC(=O)NC(Cc1cc(F)cc(F)c1)C(O)CNC1(c2cccc(C(C)(C)C)c2)CCCNC1.CS(=O)(=O)Cl. The van der Waals surface area contributed by atoms with E-state index in [9.17, 15) is 54.2 Å². The molecule has 2 aliphatic rings. The smallest absolute Gasteiger partial charge is 0.229 e. The van der Waals surface area contributed by atoms with Crippen LogP contribution >= 0.6 is 10.7 Å². The van der Waals surface area contributed by atoms with Gasteiger partial charge in [-0.25, -0.2) is 34.4 Å². The fourth-order valence-corrected chi connectivity index (χ4v) is 10.6. The number of amides is 2. The topological polar surface area (TPSA) is 206 Å². The van der Waals surface area contributed by atoms with E-state index in [1.54, 1.807) is 0 Å². The quantitative estimate of drug-likeness (QED) is 0.0396. The molecular weight excluding hydrogens is 1080 g/mol. The Labute approximate surface area is 472 Å². The Bertz CT molecular complexity index is 2800. The third kappa shape index (κ3) is 23.1. The summed E-state index contributed by atoms with van der Waals surface area (Å²) in [5, 5.41) is 38.1. The number of carbonyl (C=O) groups is 2. The second-order valence-corrected chi connectivity index (χ2v) is 27.5. The number of sulfonamides is 1. The molecule has 6 atom stereocenters. The van der Waals surface area contributed by atoms with E-state index in [-0.39, 0.29) is 75.5 Å². The number of aliphatic hydroxyl groups is 2. The second kappa shape index (κ2) is 30.0. The first-order valence-corrected chi connectivity index (χ1v) is 30.2. The van der Waals surface area contributed by atoms with E-state index in [1.165, 1.54) is 54.2 Å². The van der Waals surface area contributed by atoms with Gasteiger partial charge in [0.2, 0.25) is 30.9 Å². The summed E-state index contributed by atoms with van der Waals surface area (Å²) in [6, 6.07) is 21.4. The summed E-state index contributed by atoms with van der Waals surface area (Å²) in [6.45, 7) is 18.0. The Morgan fingerprint density at radius 3 is 1.39 bits per heavy atom. The van der Waals surface area contributed by atoms with Crippen LogP contribution in [0.25, 0.3) is 0 Å². The highest BCUT2D eigenvalue weighted by molar-refractivity contribution is 8.13. The summed E-state index contributed by atoms with van der Waals surface area (Å²) in [6.07, 6.45) is 3.30. The molecule has 14 nitrogen and oxygen atoms in total. The number of hydrogen-bond acceptors (Lipinski definition) is 11. The van der Waals surface area contributed by atoms with Crippen molar-refractivity contribution in [3.8, 4) is 0 Å². The number of piperidine rings is 2. The number of rotatable bonds is 17. The Kier molecular flexibility index (Phi) is 26.8. The first-order valence-electron chi connectivity index (χ1n) is 25.7. The van der Waals surface area contributed by atoms with Gasteiger partial charge in [-0.2, -0.15) is 4.31 Å². The lowest BCUT2D eigenvalue weighted by Gasteiger charge is -2.44. The van der Waals surface area contributed by atoms with Gasteiger partial charge >= 0.3 is 0 Å². The molecule has 79 heavy (non-hydrogen) atoms. The van der Waals surface area contributed by atoms with Crippen molar-refractivity contribution in [1.29, 1.82) is 0 Å². The second-order valence-electron chi connectivity index (χ2n) is 22.5. The van der Waals surface area contributed by atoms with E-state index in [2.05, 4.69) is 109 Å². The maximum atomic E-state index is 13.8. The third-order valence-corrected chi connectivity index (χ3v) is 14.9. The van der Waals surface area contributed by atoms with Crippen molar-refractivity contribution in [2.24, 2.45) is 0 Å². The van der Waals surface area contributed by atoms with Crippen molar-refractivity contribution >= 4 is 41.6 Å². The highest BCUT2D eigenvalue weighted by atomic mass is 35.7. The Morgan fingerprint density at radius 2 is 1.04 bits per heavy atom. The maximum absolute atomic E-state index is 13.8. The van der Waals surface area contributed by atoms with Crippen LogP contribution in [-0.2, 0) is 63.4 Å². The Balaban J connectivity index is 0.000000488. The molecule has 444 valence electrons. The predicted molar refractivity (Wildman–Crippen MR) is 309 cm³/mol. The normalized spacial score (nSPS) is 19.5. The van der Waals surface area contributed by atoms with Gasteiger partial charge in [-0.1, -0.05) is 105 Å². The minimum atomic E-state index is -3.46. The highest BCUT2D eigenvalue weighted by Crippen LogP contribution is 2.36. The summed E-state index contributed by atoms with van der Waals surface area (Å²) >= 11 is 0. The minimum Gasteiger partial charge on any atom is -0.390 e. The van der Waals surface area contributed by atoms with Gasteiger partial charge in [-0.15, -0.1) is 0 Å². The fraction of sp³-hybridized carbons (Fsp3) is 0.552. The van der Waals surface area contributed by atoms with Crippen LogP contribution in [0.4, 0.5) is 17.6 Å². The van der Waals surface area contributed by atoms with Gasteiger partial charge in [0.05, 0.1) is 47.9 Å². The molecule has 4 aromatic rings. The zero-order chi connectivity index (χ0) is 57.7. The molecule has 0 aliphatic carbocycles. The number of nitrogens with zero attached hydrogens (tertiary/aromatic N) is 1. The van der Waals surface area contributed by atoms with Crippen molar-refractivity contribution in [3.63, 3.8) is 0 Å². The van der Waals surface area contributed by atoms with Gasteiger partial charge in [0.1, 0.15) is 23.3 Å². The van der Waals surface area contributed by atoms with Gasteiger partial charge in [0.15, 0.2) is 0 Å². The Morgan fingerprint density at radius 1 is 0.658 bits per heavy atom. The number of hydrogen-bond donors (Lipinski definition) is 7. The molecule has 2 heterocycles. The summed E-state index contributed by atoms with van der Waals surface area (Å²) in [7, 11) is -2.15. The lowest BCUT2D eigenvalue weighted by molar-refractivity contribution is -0.121. The zero-order valence-electron chi connectivity index (χ0n) is 45.9. The molecule has 2 amide bonds. The van der Waals surface area contributed by atoms with Crippen LogP contribution in [0.3, 0.4) is 0 Å². The van der Waals surface area contributed by atoms with Crippen LogP contribution in [0.5, 0.6) is 0 Å². The van der Waals surface area contributed by atoms with E-state index < -0.39 is 72.2 Å². The molecule has 0 spiro atoms. The molecule has 2 saturated heterocycles. The summed E-state index contributed by atoms with van der Waals surface area (Å²) < 4.78 is 100. The largest absolute Gasteiger partial charge is 0.390 e. The van der Waals surface area contributed by atoms with E-state index in [1.807, 2.05) is 18.2 Å². The van der Waals surface area contributed by atoms with Gasteiger partial charge in [-0.3, -0.25) is 9.59 Å². The lowest BCUT2D eigenvalue weighted by atomic mass is 9.79. The number of halogens is 5. The molecular formula is C58H87ClF4N6O8S2. The third-order valence-electron chi connectivity index (χ3n) is 13.6. The number of aliphatic hydroxyl groups excluding tert-OH is 2. The number of carbonyl (C=O) groups excluding carboxylic acids is 2. The highest BCUT2D eigenvalue weighted by Gasteiger charge is 2.41. The number of nitrogens with one attached hydrogen (secondary N) is 5. The minimum absolute atomic E-state index is 0. The first kappa shape index (κ1) is 70.6. The molecule has 0 bridgehead atoms.